The Morgan fingerprint density at radius 1 is 0.944 bits per heavy atom. The number of benzene rings is 1. The van der Waals surface area contributed by atoms with Gasteiger partial charge in [-0.3, -0.25) is 14.4 Å². The second-order valence-corrected chi connectivity index (χ2v) is 11.1. The smallest absolute Gasteiger partial charge is 0.225 e. The van der Waals surface area contributed by atoms with Crippen LogP contribution in [0.15, 0.2) is 24.3 Å². The number of carbonyl (C=O) groups is 3. The number of piperidine rings is 2. The number of carbonyl (C=O) groups excluding carboxylic acids is 3. The van der Waals surface area contributed by atoms with Gasteiger partial charge in [0.15, 0.2) is 0 Å². The van der Waals surface area contributed by atoms with Gasteiger partial charge in [0, 0.05) is 82.1 Å². The highest BCUT2D eigenvalue weighted by Crippen LogP contribution is 2.38. The number of hydrogen-bond donors (Lipinski definition) is 0. The van der Waals surface area contributed by atoms with Gasteiger partial charge in [0.05, 0.1) is 6.61 Å². The normalized spacial score (nSPS) is 21.4. The molecule has 0 saturated carbocycles. The third-order valence-electron chi connectivity index (χ3n) is 8.15. The van der Waals surface area contributed by atoms with E-state index in [2.05, 4.69) is 11.9 Å². The van der Waals surface area contributed by atoms with Crippen molar-refractivity contribution in [3.63, 3.8) is 0 Å². The number of likely N-dealkylation sites (N-methyl/N-ethyl adjacent to an activating group) is 1. The molecule has 3 amide bonds. The fourth-order valence-electron chi connectivity index (χ4n) is 5.55. The number of ether oxygens (including phenoxy) is 1. The van der Waals surface area contributed by atoms with Crippen molar-refractivity contribution in [2.24, 2.45) is 11.3 Å². The Morgan fingerprint density at radius 3 is 2.22 bits per heavy atom. The minimum Gasteiger partial charge on any atom is -0.493 e. The van der Waals surface area contributed by atoms with Crippen LogP contribution in [0.5, 0.6) is 5.75 Å². The van der Waals surface area contributed by atoms with Crippen LogP contribution in [0.4, 0.5) is 0 Å². The first-order chi connectivity index (χ1) is 17.2. The molecule has 9 heteroatoms. The number of amides is 3. The largest absolute Gasteiger partial charge is 0.493 e. The number of rotatable bonds is 6. The summed E-state index contributed by atoms with van der Waals surface area (Å²) in [6.07, 6.45) is 3.33. The highest BCUT2D eigenvalue weighted by atomic mass is 35.5. The van der Waals surface area contributed by atoms with Crippen LogP contribution in [0.25, 0.3) is 0 Å². The Morgan fingerprint density at radius 2 is 1.61 bits per heavy atom. The molecule has 3 saturated heterocycles. The predicted octanol–water partition coefficient (Wildman–Crippen LogP) is 2.75. The summed E-state index contributed by atoms with van der Waals surface area (Å²) in [6.45, 7) is 7.85. The van der Waals surface area contributed by atoms with Crippen molar-refractivity contribution in [3.8, 4) is 5.75 Å². The van der Waals surface area contributed by atoms with E-state index in [4.69, 9.17) is 16.3 Å². The van der Waals surface area contributed by atoms with Gasteiger partial charge >= 0.3 is 0 Å². The molecule has 8 nitrogen and oxygen atoms in total. The SMILES string of the molecule is CC(=O)N1CCC(C(=O)N2CCC(COc3cccc(Cl)c3)(CC(=O)N3CCN(C)CC3)CC2)CC1. The van der Waals surface area contributed by atoms with E-state index in [-0.39, 0.29) is 29.1 Å². The number of hydrogen-bond acceptors (Lipinski definition) is 5. The van der Waals surface area contributed by atoms with E-state index in [1.54, 1.807) is 13.0 Å². The maximum Gasteiger partial charge on any atom is 0.225 e. The van der Waals surface area contributed by atoms with Gasteiger partial charge in [-0.1, -0.05) is 17.7 Å². The summed E-state index contributed by atoms with van der Waals surface area (Å²) < 4.78 is 6.18. The Bertz CT molecular complexity index is 933. The zero-order chi connectivity index (χ0) is 25.7. The zero-order valence-electron chi connectivity index (χ0n) is 21.6. The van der Waals surface area contributed by atoms with Crippen molar-refractivity contribution in [3.05, 3.63) is 29.3 Å². The molecule has 0 radical (unpaired) electrons. The van der Waals surface area contributed by atoms with E-state index in [0.29, 0.717) is 50.0 Å². The maximum atomic E-state index is 13.3. The van der Waals surface area contributed by atoms with Crippen molar-refractivity contribution in [2.45, 2.75) is 39.0 Å². The molecule has 1 aromatic carbocycles. The summed E-state index contributed by atoms with van der Waals surface area (Å²) in [7, 11) is 2.08. The predicted molar refractivity (Wildman–Crippen MR) is 139 cm³/mol. The van der Waals surface area contributed by atoms with Gasteiger partial charge in [0.25, 0.3) is 0 Å². The van der Waals surface area contributed by atoms with Crippen LogP contribution < -0.4 is 4.74 Å². The van der Waals surface area contributed by atoms with Crippen molar-refractivity contribution < 1.29 is 19.1 Å². The lowest BCUT2D eigenvalue weighted by Gasteiger charge is -2.44. The Hall–Kier alpha value is -2.32. The van der Waals surface area contributed by atoms with Gasteiger partial charge in [-0.2, -0.15) is 0 Å². The summed E-state index contributed by atoms with van der Waals surface area (Å²) in [5.41, 5.74) is -0.322. The van der Waals surface area contributed by atoms with Gasteiger partial charge in [-0.15, -0.1) is 0 Å². The molecule has 1 aromatic rings. The van der Waals surface area contributed by atoms with E-state index in [1.165, 1.54) is 0 Å². The van der Waals surface area contributed by atoms with E-state index < -0.39 is 0 Å². The molecular formula is C27H39ClN4O4. The monoisotopic (exact) mass is 518 g/mol. The highest BCUT2D eigenvalue weighted by molar-refractivity contribution is 6.30. The molecule has 0 spiro atoms. The lowest BCUT2D eigenvalue weighted by molar-refractivity contribution is -0.144. The minimum absolute atomic E-state index is 0.0252. The molecule has 3 aliphatic rings. The van der Waals surface area contributed by atoms with Gasteiger partial charge < -0.3 is 24.3 Å². The van der Waals surface area contributed by atoms with Gasteiger partial charge in [0.2, 0.25) is 17.7 Å². The van der Waals surface area contributed by atoms with Crippen molar-refractivity contribution in [1.82, 2.24) is 19.6 Å². The van der Waals surface area contributed by atoms with Crippen LogP contribution in [-0.4, -0.2) is 103 Å². The minimum atomic E-state index is -0.322. The van der Waals surface area contributed by atoms with Crippen LogP contribution >= 0.6 is 11.6 Å². The summed E-state index contributed by atoms with van der Waals surface area (Å²) >= 11 is 6.14. The number of likely N-dealkylation sites (tertiary alicyclic amines) is 2. The molecule has 3 aliphatic heterocycles. The van der Waals surface area contributed by atoms with Crippen LogP contribution in [0, 0.1) is 11.3 Å². The summed E-state index contributed by atoms with van der Waals surface area (Å²) in [4.78, 5) is 46.2. The second-order valence-electron chi connectivity index (χ2n) is 10.7. The third kappa shape index (κ3) is 6.71. The second kappa shape index (κ2) is 11.8. The van der Waals surface area contributed by atoms with E-state index >= 15 is 0 Å². The average Bonchev–Trinajstić information content (AvgIpc) is 2.88. The zero-order valence-corrected chi connectivity index (χ0v) is 22.3. The lowest BCUT2D eigenvalue weighted by atomic mass is 9.75. The van der Waals surface area contributed by atoms with Crippen LogP contribution in [0.1, 0.15) is 39.0 Å². The van der Waals surface area contributed by atoms with Gasteiger partial charge in [0.1, 0.15) is 5.75 Å². The lowest BCUT2D eigenvalue weighted by Crippen LogP contribution is -2.52. The van der Waals surface area contributed by atoms with Gasteiger partial charge in [-0.25, -0.2) is 0 Å². The topological polar surface area (TPSA) is 73.4 Å². The summed E-state index contributed by atoms with van der Waals surface area (Å²) in [5.74, 6) is 1.11. The fourth-order valence-corrected chi connectivity index (χ4v) is 5.74. The van der Waals surface area contributed by atoms with Crippen LogP contribution in [0.3, 0.4) is 0 Å². The molecule has 3 heterocycles. The van der Waals surface area contributed by atoms with Gasteiger partial charge in [-0.05, 0) is 50.9 Å². The Kier molecular flexibility index (Phi) is 8.78. The average molecular weight is 519 g/mol. The number of halogens is 1. The molecule has 198 valence electrons. The van der Waals surface area contributed by atoms with Crippen LogP contribution in [-0.2, 0) is 14.4 Å². The van der Waals surface area contributed by atoms with Crippen molar-refractivity contribution in [2.75, 3.05) is 66.0 Å². The van der Waals surface area contributed by atoms with E-state index in [0.717, 1.165) is 51.9 Å². The Balaban J connectivity index is 1.39. The fraction of sp³-hybridized carbons (Fsp3) is 0.667. The molecule has 36 heavy (non-hydrogen) atoms. The first-order valence-corrected chi connectivity index (χ1v) is 13.5. The molecule has 0 N–H and O–H groups in total. The molecular weight excluding hydrogens is 480 g/mol. The molecule has 0 atom stereocenters. The number of piperazine rings is 1. The van der Waals surface area contributed by atoms with E-state index in [9.17, 15) is 14.4 Å². The number of nitrogens with zero attached hydrogens (tertiary/aromatic N) is 4. The first kappa shape index (κ1) is 26.7. The maximum absolute atomic E-state index is 13.3. The summed E-state index contributed by atoms with van der Waals surface area (Å²) in [5, 5.41) is 0.617. The molecule has 0 bridgehead atoms. The highest BCUT2D eigenvalue weighted by Gasteiger charge is 2.41. The first-order valence-electron chi connectivity index (χ1n) is 13.1. The van der Waals surface area contributed by atoms with Crippen LogP contribution in [0.2, 0.25) is 5.02 Å². The molecule has 0 unspecified atom stereocenters. The molecule has 0 aliphatic carbocycles. The van der Waals surface area contributed by atoms with Crippen molar-refractivity contribution >= 4 is 29.3 Å². The standard InChI is InChI=1S/C27H39ClN4O4/c1-21(33)30-10-6-22(7-11-30)26(35)32-12-8-27(9-13-32,20-36-24-5-3-4-23(28)18-24)19-25(34)31-16-14-29(2)15-17-31/h3-5,18,22H,6-17,19-20H2,1-2H3. The Labute approximate surface area is 219 Å². The van der Waals surface area contributed by atoms with E-state index in [1.807, 2.05) is 32.9 Å². The quantitative estimate of drug-likeness (QED) is 0.579. The molecule has 0 aromatic heterocycles. The summed E-state index contributed by atoms with van der Waals surface area (Å²) in [6, 6.07) is 7.35. The molecule has 4 rings (SSSR count). The third-order valence-corrected chi connectivity index (χ3v) is 8.38. The molecule has 3 fully saturated rings. The van der Waals surface area contributed by atoms with Crippen molar-refractivity contribution in [1.29, 1.82) is 0 Å².